The van der Waals surface area contributed by atoms with Crippen LogP contribution in [0.4, 0.5) is 0 Å². The molecule has 0 aliphatic carbocycles. The van der Waals surface area contributed by atoms with E-state index in [2.05, 4.69) is 30.4 Å². The summed E-state index contributed by atoms with van der Waals surface area (Å²) in [6.45, 7) is 4.73. The number of likely N-dealkylation sites (N-methyl/N-ethyl adjacent to an activating group) is 1. The predicted molar refractivity (Wildman–Crippen MR) is 66.1 cm³/mol. The van der Waals surface area contributed by atoms with Crippen molar-refractivity contribution in [3.05, 3.63) is 0 Å². The smallest absolute Gasteiger partial charge is 0.0195 e. The van der Waals surface area contributed by atoms with Gasteiger partial charge in [-0.15, -0.1) is 0 Å². The third-order valence-electron chi connectivity index (χ3n) is 3.12. The molecule has 3 heteroatoms. The Morgan fingerprint density at radius 2 is 2.36 bits per heavy atom. The molecule has 0 bridgehead atoms. The summed E-state index contributed by atoms with van der Waals surface area (Å²) in [6, 6.07) is 1.50. The van der Waals surface area contributed by atoms with E-state index < -0.39 is 0 Å². The minimum absolute atomic E-state index is 0.746. The second kappa shape index (κ2) is 6.70. The van der Waals surface area contributed by atoms with Gasteiger partial charge in [-0.25, -0.2) is 0 Å². The van der Waals surface area contributed by atoms with Crippen molar-refractivity contribution in [2.45, 2.75) is 38.3 Å². The van der Waals surface area contributed by atoms with Gasteiger partial charge in [-0.1, -0.05) is 6.92 Å². The lowest BCUT2D eigenvalue weighted by Crippen LogP contribution is -2.41. The first kappa shape index (κ1) is 12.3. The molecule has 0 radical (unpaired) electrons. The molecular formula is C11H24N2S. The van der Waals surface area contributed by atoms with Gasteiger partial charge in [-0.05, 0) is 39.1 Å². The molecule has 1 unspecified atom stereocenters. The molecule has 0 amide bonds. The van der Waals surface area contributed by atoms with Gasteiger partial charge in [0, 0.05) is 24.4 Å². The van der Waals surface area contributed by atoms with E-state index in [1.807, 2.05) is 11.8 Å². The zero-order valence-corrected chi connectivity index (χ0v) is 10.6. The van der Waals surface area contributed by atoms with Crippen molar-refractivity contribution in [2.24, 2.45) is 0 Å². The zero-order chi connectivity index (χ0) is 10.4. The molecule has 0 saturated carbocycles. The van der Waals surface area contributed by atoms with Crippen molar-refractivity contribution in [3.63, 3.8) is 0 Å². The van der Waals surface area contributed by atoms with Gasteiger partial charge in [-0.3, -0.25) is 0 Å². The second-order valence-corrected chi connectivity index (χ2v) is 5.16. The molecule has 1 aliphatic heterocycles. The maximum atomic E-state index is 3.56. The van der Waals surface area contributed by atoms with Gasteiger partial charge >= 0.3 is 0 Å². The van der Waals surface area contributed by atoms with Gasteiger partial charge in [-0.2, -0.15) is 11.8 Å². The number of rotatable bonds is 6. The van der Waals surface area contributed by atoms with E-state index in [9.17, 15) is 0 Å². The molecule has 0 spiro atoms. The molecule has 1 saturated heterocycles. The lowest BCUT2D eigenvalue weighted by atomic mass is 10.1. The van der Waals surface area contributed by atoms with Gasteiger partial charge in [0.05, 0.1) is 0 Å². The summed E-state index contributed by atoms with van der Waals surface area (Å²) in [6.07, 6.45) is 6.19. The largest absolute Gasteiger partial charge is 0.313 e. The minimum Gasteiger partial charge on any atom is -0.313 e. The highest BCUT2D eigenvalue weighted by atomic mass is 32.2. The number of nitrogens with one attached hydrogen (secondary N) is 1. The van der Waals surface area contributed by atoms with Crippen LogP contribution in [-0.4, -0.2) is 49.1 Å². The van der Waals surface area contributed by atoms with E-state index in [0.29, 0.717) is 0 Å². The summed E-state index contributed by atoms with van der Waals surface area (Å²) in [5, 5.41) is 3.56. The number of hydrogen-bond donors (Lipinski definition) is 1. The van der Waals surface area contributed by atoms with Crippen LogP contribution in [0.5, 0.6) is 0 Å². The summed E-state index contributed by atoms with van der Waals surface area (Å²) in [4.78, 5) is 2.53. The zero-order valence-electron chi connectivity index (χ0n) is 9.75. The predicted octanol–water partition coefficient (Wildman–Crippen LogP) is 1.81. The summed E-state index contributed by atoms with van der Waals surface area (Å²) < 4.78 is 0. The van der Waals surface area contributed by atoms with Crippen molar-refractivity contribution >= 4 is 11.8 Å². The fraction of sp³-hybridized carbons (Fsp3) is 1.00. The quantitative estimate of drug-likeness (QED) is 0.729. The summed E-state index contributed by atoms with van der Waals surface area (Å²) in [5.74, 6) is 1.26. The summed E-state index contributed by atoms with van der Waals surface area (Å²) >= 11 is 1.96. The highest BCUT2D eigenvalue weighted by Crippen LogP contribution is 2.12. The van der Waals surface area contributed by atoms with E-state index in [4.69, 9.17) is 0 Å². The van der Waals surface area contributed by atoms with Crippen LogP contribution in [0, 0.1) is 0 Å². The Balaban J connectivity index is 2.26. The fourth-order valence-corrected chi connectivity index (χ4v) is 3.03. The average molecular weight is 216 g/mol. The number of hydrogen-bond acceptors (Lipinski definition) is 3. The molecule has 2 atom stereocenters. The van der Waals surface area contributed by atoms with Crippen molar-refractivity contribution in [3.8, 4) is 0 Å². The minimum atomic E-state index is 0.746. The van der Waals surface area contributed by atoms with Crippen molar-refractivity contribution in [1.82, 2.24) is 10.2 Å². The van der Waals surface area contributed by atoms with E-state index in [1.165, 1.54) is 38.1 Å². The third-order valence-corrected chi connectivity index (χ3v) is 3.84. The molecule has 1 heterocycles. The Labute approximate surface area is 92.8 Å². The summed E-state index contributed by atoms with van der Waals surface area (Å²) in [7, 11) is 2.27. The SMILES string of the molecule is CCC(CSC)N(C)C[C@@H]1CCCN1. The molecule has 2 nitrogen and oxygen atoms in total. The molecule has 1 aliphatic rings. The Morgan fingerprint density at radius 3 is 2.86 bits per heavy atom. The molecule has 1 rings (SSSR count). The molecule has 0 aromatic rings. The molecule has 0 aromatic heterocycles. The summed E-state index contributed by atoms with van der Waals surface area (Å²) in [5.41, 5.74) is 0. The second-order valence-electron chi connectivity index (χ2n) is 4.25. The van der Waals surface area contributed by atoms with Crippen LogP contribution in [0.3, 0.4) is 0 Å². The Bertz CT molecular complexity index is 146. The van der Waals surface area contributed by atoms with Gasteiger partial charge in [0.2, 0.25) is 0 Å². The van der Waals surface area contributed by atoms with Crippen molar-refractivity contribution in [2.75, 3.05) is 32.1 Å². The molecule has 0 aromatic carbocycles. The fourth-order valence-electron chi connectivity index (χ4n) is 2.16. The third kappa shape index (κ3) is 3.79. The molecule has 1 N–H and O–H groups in total. The van der Waals surface area contributed by atoms with Gasteiger partial charge < -0.3 is 10.2 Å². The molecular weight excluding hydrogens is 192 g/mol. The maximum Gasteiger partial charge on any atom is 0.0195 e. The van der Waals surface area contributed by atoms with E-state index >= 15 is 0 Å². The van der Waals surface area contributed by atoms with Crippen LogP contribution in [0.15, 0.2) is 0 Å². The molecule has 84 valence electrons. The normalized spacial score (nSPS) is 24.4. The first-order valence-electron chi connectivity index (χ1n) is 5.70. The van der Waals surface area contributed by atoms with Crippen LogP contribution in [-0.2, 0) is 0 Å². The first-order valence-corrected chi connectivity index (χ1v) is 7.09. The van der Waals surface area contributed by atoms with Gasteiger partial charge in [0.15, 0.2) is 0 Å². The highest BCUT2D eigenvalue weighted by molar-refractivity contribution is 7.98. The lowest BCUT2D eigenvalue weighted by Gasteiger charge is -2.29. The topological polar surface area (TPSA) is 15.3 Å². The standard InChI is InChI=1S/C11H24N2S/c1-4-11(9-14-3)13(2)8-10-6-5-7-12-10/h10-12H,4-9H2,1-3H3/t10-,11?/m0/s1. The van der Waals surface area contributed by atoms with Crippen molar-refractivity contribution < 1.29 is 0 Å². The average Bonchev–Trinajstić information content (AvgIpc) is 2.66. The van der Waals surface area contributed by atoms with E-state index in [0.717, 1.165) is 12.1 Å². The maximum absolute atomic E-state index is 3.56. The Hall–Kier alpha value is 0.270. The van der Waals surface area contributed by atoms with Crippen LogP contribution < -0.4 is 5.32 Å². The van der Waals surface area contributed by atoms with E-state index in [-0.39, 0.29) is 0 Å². The number of thioether (sulfide) groups is 1. The van der Waals surface area contributed by atoms with Gasteiger partial charge in [0.1, 0.15) is 0 Å². The van der Waals surface area contributed by atoms with Crippen LogP contribution in [0.2, 0.25) is 0 Å². The van der Waals surface area contributed by atoms with Crippen LogP contribution in [0.25, 0.3) is 0 Å². The lowest BCUT2D eigenvalue weighted by molar-refractivity contribution is 0.234. The van der Waals surface area contributed by atoms with Crippen LogP contribution in [0.1, 0.15) is 26.2 Å². The van der Waals surface area contributed by atoms with Gasteiger partial charge in [0.25, 0.3) is 0 Å². The first-order chi connectivity index (χ1) is 6.77. The van der Waals surface area contributed by atoms with Crippen molar-refractivity contribution in [1.29, 1.82) is 0 Å². The Kier molecular flexibility index (Phi) is 5.90. The van der Waals surface area contributed by atoms with E-state index in [1.54, 1.807) is 0 Å². The Morgan fingerprint density at radius 1 is 1.57 bits per heavy atom. The monoisotopic (exact) mass is 216 g/mol. The number of nitrogens with zero attached hydrogens (tertiary/aromatic N) is 1. The highest BCUT2D eigenvalue weighted by Gasteiger charge is 2.19. The van der Waals surface area contributed by atoms with Crippen LogP contribution >= 0.6 is 11.8 Å². The molecule has 14 heavy (non-hydrogen) atoms. The molecule has 1 fully saturated rings.